The number of hydrogen-bond acceptors (Lipinski definition) is 2. The highest BCUT2D eigenvalue weighted by atomic mass is 127. The number of rotatable bonds is 5. The molecule has 0 rings (SSSR count). The van der Waals surface area contributed by atoms with Gasteiger partial charge in [-0.1, -0.05) is 25.8 Å². The van der Waals surface area contributed by atoms with Crippen molar-refractivity contribution in [3.63, 3.8) is 0 Å². The fraction of sp³-hybridized carbons (Fsp3) is 0.667. The summed E-state index contributed by atoms with van der Waals surface area (Å²) in [5.41, 5.74) is 0. The van der Waals surface area contributed by atoms with Crippen molar-refractivity contribution in [2.75, 3.05) is 6.61 Å². The standard InChI is InChI=1S/C9H15IO2/c1-3-5-6-7-8(10)9(11)12-4-2/h7H,3-6H2,1-2H3/b8-7+. The molecule has 0 aromatic rings. The van der Waals surface area contributed by atoms with Crippen molar-refractivity contribution in [1.29, 1.82) is 0 Å². The molecule has 2 nitrogen and oxygen atoms in total. The average Bonchev–Trinajstić information content (AvgIpc) is 2.05. The maximum atomic E-state index is 11.0. The van der Waals surface area contributed by atoms with Crippen LogP contribution in [-0.2, 0) is 9.53 Å². The molecule has 70 valence electrons. The fourth-order valence-electron chi connectivity index (χ4n) is 0.716. The Morgan fingerprint density at radius 3 is 2.67 bits per heavy atom. The van der Waals surface area contributed by atoms with Crippen LogP contribution in [0.3, 0.4) is 0 Å². The van der Waals surface area contributed by atoms with Crippen molar-refractivity contribution >= 4 is 28.6 Å². The lowest BCUT2D eigenvalue weighted by atomic mass is 10.2. The summed E-state index contributed by atoms with van der Waals surface area (Å²) in [4.78, 5) is 11.0. The van der Waals surface area contributed by atoms with Crippen LogP contribution in [0.4, 0.5) is 0 Å². The van der Waals surface area contributed by atoms with Gasteiger partial charge in [0, 0.05) is 0 Å². The first-order chi connectivity index (χ1) is 5.72. The highest BCUT2D eigenvalue weighted by Crippen LogP contribution is 2.10. The largest absolute Gasteiger partial charge is 0.462 e. The lowest BCUT2D eigenvalue weighted by Gasteiger charge is -1.99. The number of ether oxygens (including phenoxy) is 1. The van der Waals surface area contributed by atoms with Crippen LogP contribution < -0.4 is 0 Å². The SMILES string of the molecule is CCCC/C=C(/I)C(=O)OCC. The number of unbranched alkanes of at least 4 members (excludes halogenated alkanes) is 2. The van der Waals surface area contributed by atoms with Gasteiger partial charge in [-0.25, -0.2) is 4.79 Å². The van der Waals surface area contributed by atoms with Crippen LogP contribution in [0.1, 0.15) is 33.1 Å². The first kappa shape index (κ1) is 11.9. The van der Waals surface area contributed by atoms with Gasteiger partial charge in [0.15, 0.2) is 0 Å². The van der Waals surface area contributed by atoms with Crippen LogP contribution in [-0.4, -0.2) is 12.6 Å². The number of hydrogen-bond donors (Lipinski definition) is 0. The number of carbonyl (C=O) groups excluding carboxylic acids is 1. The highest BCUT2D eigenvalue weighted by Gasteiger charge is 2.04. The van der Waals surface area contributed by atoms with E-state index in [0.29, 0.717) is 10.2 Å². The van der Waals surface area contributed by atoms with Crippen molar-refractivity contribution in [2.24, 2.45) is 0 Å². The minimum absolute atomic E-state index is 0.200. The van der Waals surface area contributed by atoms with Crippen LogP contribution in [0.2, 0.25) is 0 Å². The maximum Gasteiger partial charge on any atom is 0.344 e. The number of allylic oxidation sites excluding steroid dienone is 1. The van der Waals surface area contributed by atoms with E-state index in [1.54, 1.807) is 0 Å². The van der Waals surface area contributed by atoms with E-state index in [9.17, 15) is 4.79 Å². The van der Waals surface area contributed by atoms with Crippen LogP contribution >= 0.6 is 22.6 Å². The zero-order valence-corrected chi connectivity index (χ0v) is 9.76. The molecule has 3 heteroatoms. The van der Waals surface area contributed by atoms with Crippen molar-refractivity contribution in [1.82, 2.24) is 0 Å². The van der Waals surface area contributed by atoms with E-state index in [4.69, 9.17) is 4.74 Å². The predicted octanol–water partition coefficient (Wildman–Crippen LogP) is 3.06. The van der Waals surface area contributed by atoms with Gasteiger partial charge in [0.2, 0.25) is 0 Å². The molecule has 0 unspecified atom stereocenters. The Labute approximate surface area is 87.5 Å². The van der Waals surface area contributed by atoms with Gasteiger partial charge in [-0.15, -0.1) is 0 Å². The van der Waals surface area contributed by atoms with Crippen LogP contribution in [0.25, 0.3) is 0 Å². The predicted molar refractivity (Wildman–Crippen MR) is 58.3 cm³/mol. The minimum atomic E-state index is -0.200. The molecule has 12 heavy (non-hydrogen) atoms. The van der Waals surface area contributed by atoms with Gasteiger partial charge in [-0.05, 0) is 35.9 Å². The Hall–Kier alpha value is -0.0600. The first-order valence-electron chi connectivity index (χ1n) is 4.25. The molecule has 0 aromatic carbocycles. The molecule has 0 aliphatic rings. The first-order valence-corrected chi connectivity index (χ1v) is 5.33. The topological polar surface area (TPSA) is 26.3 Å². The fourth-order valence-corrected chi connectivity index (χ4v) is 1.18. The van der Waals surface area contributed by atoms with Gasteiger partial charge in [0.25, 0.3) is 0 Å². The molecule has 0 atom stereocenters. The van der Waals surface area contributed by atoms with Crippen LogP contribution in [0.5, 0.6) is 0 Å². The highest BCUT2D eigenvalue weighted by molar-refractivity contribution is 14.1. The molecule has 0 saturated carbocycles. The molecule has 0 saturated heterocycles. The average molecular weight is 282 g/mol. The van der Waals surface area contributed by atoms with Gasteiger partial charge in [-0.2, -0.15) is 0 Å². The second-order valence-electron chi connectivity index (χ2n) is 2.41. The molecule has 0 heterocycles. The quantitative estimate of drug-likeness (QED) is 0.335. The van der Waals surface area contributed by atoms with Crippen LogP contribution in [0, 0.1) is 0 Å². The second-order valence-corrected chi connectivity index (χ2v) is 3.58. The van der Waals surface area contributed by atoms with Crippen LogP contribution in [0.15, 0.2) is 9.66 Å². The summed E-state index contributed by atoms with van der Waals surface area (Å²) < 4.78 is 5.52. The molecular weight excluding hydrogens is 267 g/mol. The molecule has 0 aliphatic heterocycles. The third-order valence-electron chi connectivity index (χ3n) is 1.35. The summed E-state index contributed by atoms with van der Waals surface area (Å²) in [7, 11) is 0. The lowest BCUT2D eigenvalue weighted by Crippen LogP contribution is -2.02. The van der Waals surface area contributed by atoms with Gasteiger partial charge in [0.05, 0.1) is 10.2 Å². The van der Waals surface area contributed by atoms with Crippen molar-refractivity contribution < 1.29 is 9.53 Å². The molecule has 0 N–H and O–H groups in total. The van der Waals surface area contributed by atoms with Crippen molar-refractivity contribution in [3.05, 3.63) is 9.66 Å². The van der Waals surface area contributed by atoms with E-state index < -0.39 is 0 Å². The monoisotopic (exact) mass is 282 g/mol. The maximum absolute atomic E-state index is 11.0. The van der Waals surface area contributed by atoms with Gasteiger partial charge in [0.1, 0.15) is 0 Å². The van der Waals surface area contributed by atoms with Crippen molar-refractivity contribution in [3.8, 4) is 0 Å². The lowest BCUT2D eigenvalue weighted by molar-refractivity contribution is -0.137. The Bertz CT molecular complexity index is 164. The van der Waals surface area contributed by atoms with E-state index in [1.807, 2.05) is 35.6 Å². The third kappa shape index (κ3) is 5.57. The number of halogens is 1. The molecular formula is C9H15IO2. The summed E-state index contributed by atoms with van der Waals surface area (Å²) in [6, 6.07) is 0. The summed E-state index contributed by atoms with van der Waals surface area (Å²) in [6.07, 6.45) is 5.19. The van der Waals surface area contributed by atoms with E-state index in [-0.39, 0.29) is 5.97 Å². The Morgan fingerprint density at radius 2 is 2.17 bits per heavy atom. The van der Waals surface area contributed by atoms with Gasteiger partial charge >= 0.3 is 5.97 Å². The summed E-state index contributed by atoms with van der Waals surface area (Å²) in [6.45, 7) is 4.39. The molecule has 0 spiro atoms. The number of esters is 1. The molecule has 0 amide bonds. The van der Waals surface area contributed by atoms with E-state index >= 15 is 0 Å². The molecule has 0 fully saturated rings. The third-order valence-corrected chi connectivity index (χ3v) is 2.23. The second kappa shape index (κ2) is 7.58. The normalized spacial score (nSPS) is 11.4. The van der Waals surface area contributed by atoms with Gasteiger partial charge < -0.3 is 4.74 Å². The Balaban J connectivity index is 3.74. The minimum Gasteiger partial charge on any atom is -0.462 e. The molecule has 0 bridgehead atoms. The zero-order valence-electron chi connectivity index (χ0n) is 7.60. The van der Waals surface area contributed by atoms with Crippen molar-refractivity contribution in [2.45, 2.75) is 33.1 Å². The van der Waals surface area contributed by atoms with E-state index in [2.05, 4.69) is 6.92 Å². The smallest absolute Gasteiger partial charge is 0.344 e. The molecule has 0 aliphatic carbocycles. The number of carbonyl (C=O) groups is 1. The molecule has 0 radical (unpaired) electrons. The Morgan fingerprint density at radius 1 is 1.50 bits per heavy atom. The zero-order chi connectivity index (χ0) is 9.40. The summed E-state index contributed by atoms with van der Waals surface area (Å²) >= 11 is 2.02. The molecule has 0 aromatic heterocycles. The van der Waals surface area contributed by atoms with E-state index in [1.165, 1.54) is 0 Å². The van der Waals surface area contributed by atoms with E-state index in [0.717, 1.165) is 19.3 Å². The summed E-state index contributed by atoms with van der Waals surface area (Å²) in [5, 5.41) is 0. The van der Waals surface area contributed by atoms with Gasteiger partial charge in [-0.3, -0.25) is 0 Å². The summed E-state index contributed by atoms with van der Waals surface area (Å²) in [5.74, 6) is -0.200. The Kier molecular flexibility index (Phi) is 7.54.